The van der Waals surface area contributed by atoms with E-state index in [1.165, 1.54) is 19.2 Å². The summed E-state index contributed by atoms with van der Waals surface area (Å²) in [6.45, 7) is 8.26. The molecule has 11 nitrogen and oxygen atoms in total. The number of rotatable bonds is 4. The summed E-state index contributed by atoms with van der Waals surface area (Å²) >= 11 is 6.93. The van der Waals surface area contributed by atoms with Crippen molar-refractivity contribution in [1.29, 1.82) is 0 Å². The number of fused-ring (bicyclic) bond motifs is 2. The summed E-state index contributed by atoms with van der Waals surface area (Å²) in [6.07, 6.45) is 0.693. The Kier molecular flexibility index (Phi) is 8.10. The molecule has 2 aromatic rings. The van der Waals surface area contributed by atoms with Gasteiger partial charge in [-0.15, -0.1) is 0 Å². The summed E-state index contributed by atoms with van der Waals surface area (Å²) in [7, 11) is 2.96. The number of amides is 3. The molecule has 2 fully saturated rings. The Balaban J connectivity index is 1.65. The van der Waals surface area contributed by atoms with Gasteiger partial charge in [0.25, 0.3) is 5.91 Å². The van der Waals surface area contributed by atoms with Crippen LogP contribution in [0.3, 0.4) is 0 Å². The maximum atomic E-state index is 15.4. The van der Waals surface area contributed by atoms with Crippen LogP contribution < -0.4 is 19.7 Å². The van der Waals surface area contributed by atoms with Gasteiger partial charge in [0.2, 0.25) is 5.91 Å². The number of hydrogen-bond acceptors (Lipinski definition) is 8. The highest BCUT2D eigenvalue weighted by atomic mass is 35.5. The Hall–Kier alpha value is -3.80. The number of halogens is 2. The minimum atomic E-state index is -1.04. The van der Waals surface area contributed by atoms with E-state index in [1.54, 1.807) is 55.5 Å². The number of nitrogens with one attached hydrogen (secondary N) is 1. The van der Waals surface area contributed by atoms with E-state index in [4.69, 9.17) is 30.8 Å². The van der Waals surface area contributed by atoms with Crippen LogP contribution in [0.25, 0.3) is 11.3 Å². The highest BCUT2D eigenvalue weighted by Gasteiger charge is 2.48. The Morgan fingerprint density at radius 2 is 1.95 bits per heavy atom. The molecule has 0 unspecified atom stereocenters. The molecule has 0 aliphatic carbocycles. The van der Waals surface area contributed by atoms with Crippen LogP contribution in [-0.2, 0) is 9.53 Å². The van der Waals surface area contributed by atoms with E-state index in [1.807, 2.05) is 0 Å². The molecule has 4 heterocycles. The molecule has 1 aromatic heterocycles. The fraction of sp³-hybridized carbons (Fsp3) is 0.533. The number of pyridine rings is 1. The molecule has 0 saturated carbocycles. The maximum absolute atomic E-state index is 15.4. The Bertz CT molecular complexity index is 1470. The molecule has 3 aliphatic rings. The molecule has 0 radical (unpaired) electrons. The van der Waals surface area contributed by atoms with Gasteiger partial charge in [-0.3, -0.25) is 9.59 Å². The largest absolute Gasteiger partial charge is 0.496 e. The zero-order chi connectivity index (χ0) is 31.3. The van der Waals surface area contributed by atoms with E-state index in [9.17, 15) is 14.4 Å². The molecule has 2 atom stereocenters. The molecule has 3 aliphatic heterocycles. The molecule has 232 valence electrons. The lowest BCUT2D eigenvalue weighted by Crippen LogP contribution is -2.58. The van der Waals surface area contributed by atoms with Crippen molar-refractivity contribution in [2.24, 2.45) is 0 Å². The smallest absolute Gasteiger partial charge is 0.410 e. The van der Waals surface area contributed by atoms with E-state index in [-0.39, 0.29) is 71.3 Å². The van der Waals surface area contributed by atoms with E-state index in [0.29, 0.717) is 19.4 Å². The van der Waals surface area contributed by atoms with Crippen LogP contribution in [0, 0.1) is 5.82 Å². The topological polar surface area (TPSA) is 114 Å². The number of ether oxygens (including phenoxy) is 3. The highest BCUT2D eigenvalue weighted by molar-refractivity contribution is 6.35. The van der Waals surface area contributed by atoms with Gasteiger partial charge in [-0.05, 0) is 52.7 Å². The zero-order valence-corrected chi connectivity index (χ0v) is 26.0. The average molecular weight is 618 g/mol. The molecule has 1 aromatic carbocycles. The van der Waals surface area contributed by atoms with Crippen molar-refractivity contribution in [3.63, 3.8) is 0 Å². The van der Waals surface area contributed by atoms with E-state index in [2.05, 4.69) is 5.32 Å². The molecule has 0 bridgehead atoms. The van der Waals surface area contributed by atoms with Crippen LogP contribution in [0.15, 0.2) is 18.2 Å². The molecule has 3 amide bonds. The van der Waals surface area contributed by atoms with Crippen molar-refractivity contribution in [3.8, 4) is 22.8 Å². The predicted octanol–water partition coefficient (Wildman–Crippen LogP) is 4.11. The van der Waals surface area contributed by atoms with Crippen molar-refractivity contribution >= 4 is 35.3 Å². The third kappa shape index (κ3) is 5.41. The third-order valence-electron chi connectivity index (χ3n) is 8.15. The number of anilines is 1. The summed E-state index contributed by atoms with van der Waals surface area (Å²) in [5.41, 5.74) is -1.59. The molecule has 5 rings (SSSR count). The first kappa shape index (κ1) is 30.7. The number of aromatic nitrogens is 1. The molecular weight excluding hydrogens is 581 g/mol. The standard InChI is InChI=1S/C30H37ClFN5O6/c1-29(2,3)43-28(40)35-13-14-36-17(15-35)16-42-24-21(26(36)38)25(37-12-8-11-30(37,4)27(39)33-5)34-23(22(24)31)20-18(32)9-7-10-19(20)41-6/h7,9-10,17H,8,11-16H2,1-6H3,(H,33,39)/t17-,30+/m1/s1. The summed E-state index contributed by atoms with van der Waals surface area (Å²) in [5, 5.41) is 2.67. The van der Waals surface area contributed by atoms with Crippen molar-refractivity contribution in [3.05, 3.63) is 34.6 Å². The van der Waals surface area contributed by atoms with E-state index < -0.39 is 35.0 Å². The molecule has 43 heavy (non-hydrogen) atoms. The molecule has 13 heteroatoms. The first-order valence-corrected chi connectivity index (χ1v) is 14.7. The van der Waals surface area contributed by atoms with Gasteiger partial charge in [0.15, 0.2) is 5.75 Å². The van der Waals surface area contributed by atoms with Gasteiger partial charge in [-0.2, -0.15) is 0 Å². The number of nitrogens with zero attached hydrogens (tertiary/aromatic N) is 4. The van der Waals surface area contributed by atoms with Crippen LogP contribution in [0.2, 0.25) is 5.02 Å². The number of carbonyl (C=O) groups is 3. The second-order valence-electron chi connectivity index (χ2n) is 12.1. The zero-order valence-electron chi connectivity index (χ0n) is 25.3. The second-order valence-corrected chi connectivity index (χ2v) is 12.5. The number of hydrogen-bond donors (Lipinski definition) is 1. The van der Waals surface area contributed by atoms with Crippen molar-refractivity contribution in [2.45, 2.75) is 57.7 Å². The minimum Gasteiger partial charge on any atom is -0.496 e. The summed E-state index contributed by atoms with van der Waals surface area (Å²) in [6, 6.07) is 3.85. The average Bonchev–Trinajstić information content (AvgIpc) is 3.29. The first-order valence-electron chi connectivity index (χ1n) is 14.3. The minimum absolute atomic E-state index is 0.00834. The Labute approximate surface area is 255 Å². The van der Waals surface area contributed by atoms with Gasteiger partial charge in [-0.1, -0.05) is 17.7 Å². The predicted molar refractivity (Wildman–Crippen MR) is 158 cm³/mol. The molecule has 2 saturated heterocycles. The maximum Gasteiger partial charge on any atom is 0.410 e. The van der Waals surface area contributed by atoms with E-state index >= 15 is 4.39 Å². The molecule has 1 N–H and O–H groups in total. The lowest BCUT2D eigenvalue weighted by molar-refractivity contribution is -0.125. The van der Waals surface area contributed by atoms with Crippen molar-refractivity contribution < 1.29 is 33.0 Å². The summed E-state index contributed by atoms with van der Waals surface area (Å²) < 4.78 is 32.7. The third-order valence-corrected chi connectivity index (χ3v) is 8.50. The van der Waals surface area contributed by atoms with Crippen LogP contribution in [0.1, 0.15) is 50.9 Å². The number of likely N-dealkylation sites (N-methyl/N-ethyl adjacent to an activating group) is 1. The van der Waals surface area contributed by atoms with Gasteiger partial charge in [0.1, 0.15) is 51.4 Å². The molecular formula is C30H37ClFN5O6. The van der Waals surface area contributed by atoms with Gasteiger partial charge in [-0.25, -0.2) is 14.2 Å². The lowest BCUT2D eigenvalue weighted by Gasteiger charge is -2.40. The van der Waals surface area contributed by atoms with Crippen LogP contribution in [0.5, 0.6) is 11.5 Å². The number of carbonyl (C=O) groups excluding carboxylic acids is 3. The lowest BCUT2D eigenvalue weighted by atomic mass is 9.96. The van der Waals surface area contributed by atoms with Crippen LogP contribution >= 0.6 is 11.6 Å². The molecule has 0 spiro atoms. The second kappa shape index (κ2) is 11.4. The SMILES string of the molecule is CNC(=O)[C@]1(C)CCCN1c1nc(-c2c(F)cccc2OC)c(Cl)c2c1C(=O)N1CCN(C(=O)OC(C)(C)C)C[C@@H]1CO2. The van der Waals surface area contributed by atoms with Gasteiger partial charge in [0, 0.05) is 33.2 Å². The Morgan fingerprint density at radius 3 is 2.63 bits per heavy atom. The van der Waals surface area contributed by atoms with Gasteiger partial charge in [0.05, 0.1) is 18.7 Å². The van der Waals surface area contributed by atoms with Crippen molar-refractivity contribution in [2.75, 3.05) is 51.8 Å². The fourth-order valence-corrected chi connectivity index (χ4v) is 6.30. The normalized spacial score (nSPS) is 21.9. The van der Waals surface area contributed by atoms with Gasteiger partial charge < -0.3 is 34.2 Å². The fourth-order valence-electron chi connectivity index (χ4n) is 6.01. The number of benzene rings is 1. The summed E-state index contributed by atoms with van der Waals surface area (Å²) in [4.78, 5) is 50.2. The number of methoxy groups -OCH3 is 1. The van der Waals surface area contributed by atoms with Crippen molar-refractivity contribution in [1.82, 2.24) is 20.1 Å². The van der Waals surface area contributed by atoms with Gasteiger partial charge >= 0.3 is 6.09 Å². The first-order chi connectivity index (χ1) is 20.3. The quantitative estimate of drug-likeness (QED) is 0.546. The Morgan fingerprint density at radius 1 is 1.21 bits per heavy atom. The van der Waals surface area contributed by atoms with Crippen LogP contribution in [0.4, 0.5) is 15.0 Å². The highest BCUT2D eigenvalue weighted by Crippen LogP contribution is 2.48. The van der Waals surface area contributed by atoms with Crippen LogP contribution in [-0.4, -0.2) is 96.8 Å². The van der Waals surface area contributed by atoms with E-state index in [0.717, 1.165) is 0 Å². The monoisotopic (exact) mass is 617 g/mol. The summed E-state index contributed by atoms with van der Waals surface area (Å²) in [5.74, 6) is -0.859. The number of piperazine rings is 1.